The van der Waals surface area contributed by atoms with E-state index in [0.29, 0.717) is 28.9 Å². The van der Waals surface area contributed by atoms with Crippen LogP contribution in [0.2, 0.25) is 0 Å². The monoisotopic (exact) mass is 426 g/mol. The molecule has 0 amide bonds. The summed E-state index contributed by atoms with van der Waals surface area (Å²) in [6.45, 7) is 0.513. The quantitative estimate of drug-likeness (QED) is 0.391. The Morgan fingerprint density at radius 3 is 2.42 bits per heavy atom. The maximum atomic E-state index is 12.7. The van der Waals surface area contributed by atoms with Gasteiger partial charge in [0.2, 0.25) is 0 Å². The van der Waals surface area contributed by atoms with E-state index in [0.717, 1.165) is 23.9 Å². The molecule has 1 heterocycles. The van der Waals surface area contributed by atoms with Gasteiger partial charge in [-0.3, -0.25) is 4.79 Å². The molecule has 0 unspecified atom stereocenters. The maximum absolute atomic E-state index is 12.7. The van der Waals surface area contributed by atoms with Gasteiger partial charge < -0.3 is 9.15 Å². The van der Waals surface area contributed by atoms with Crippen LogP contribution in [0.1, 0.15) is 12.0 Å². The Bertz CT molecular complexity index is 962. The average molecular weight is 427 g/mol. The highest BCUT2D eigenvalue weighted by Gasteiger charge is 2.30. The van der Waals surface area contributed by atoms with Gasteiger partial charge in [0, 0.05) is 23.0 Å². The van der Waals surface area contributed by atoms with Crippen molar-refractivity contribution < 1.29 is 22.3 Å². The van der Waals surface area contributed by atoms with Crippen molar-refractivity contribution in [1.82, 2.24) is 0 Å². The number of fused-ring (bicyclic) bond motifs is 1. The molecule has 1 aromatic heterocycles. The number of halogens is 4. The molecule has 0 aliphatic heterocycles. The second kappa shape index (κ2) is 7.53. The molecule has 0 bridgehead atoms. The van der Waals surface area contributed by atoms with Gasteiger partial charge in [0.25, 0.3) is 0 Å². The van der Waals surface area contributed by atoms with Crippen LogP contribution in [0.4, 0.5) is 13.2 Å². The van der Waals surface area contributed by atoms with Crippen molar-refractivity contribution in [2.24, 2.45) is 0 Å². The molecular formula is C19H14BrF3O3. The molecular weight excluding hydrogens is 413 g/mol. The lowest BCUT2D eigenvalue weighted by atomic mass is 10.1. The number of hydrogen-bond acceptors (Lipinski definition) is 3. The summed E-state index contributed by atoms with van der Waals surface area (Å²) in [4.78, 5) is 12.3. The van der Waals surface area contributed by atoms with Crippen molar-refractivity contribution in [1.29, 1.82) is 0 Å². The van der Waals surface area contributed by atoms with Crippen LogP contribution in [0, 0.1) is 0 Å². The number of alkyl halides is 4. The van der Waals surface area contributed by atoms with Gasteiger partial charge in [-0.25, -0.2) is 0 Å². The van der Waals surface area contributed by atoms with Crippen LogP contribution < -0.4 is 10.2 Å². The molecule has 0 fully saturated rings. The molecule has 26 heavy (non-hydrogen) atoms. The molecule has 7 heteroatoms. The van der Waals surface area contributed by atoms with E-state index in [9.17, 15) is 18.0 Å². The molecule has 0 saturated carbocycles. The zero-order chi connectivity index (χ0) is 18.7. The highest BCUT2D eigenvalue weighted by molar-refractivity contribution is 9.09. The van der Waals surface area contributed by atoms with Gasteiger partial charge in [-0.05, 0) is 30.7 Å². The Labute approximate surface area is 155 Å². The van der Waals surface area contributed by atoms with Crippen LogP contribution in [-0.4, -0.2) is 11.9 Å². The number of ether oxygens (including phenoxy) is 1. The highest BCUT2D eigenvalue weighted by Crippen LogP contribution is 2.31. The summed E-state index contributed by atoms with van der Waals surface area (Å²) >= 11 is 3.31. The first-order valence-corrected chi connectivity index (χ1v) is 8.95. The largest absolute Gasteiger partial charge is 0.493 e. The third kappa shape index (κ3) is 4.09. The average Bonchev–Trinajstić information content (AvgIpc) is 2.61. The Kier molecular flexibility index (Phi) is 5.36. The number of benzene rings is 2. The van der Waals surface area contributed by atoms with E-state index in [1.165, 1.54) is 18.2 Å². The molecule has 0 aliphatic carbocycles. The lowest BCUT2D eigenvalue weighted by molar-refractivity contribution is -0.137. The Balaban J connectivity index is 1.97. The van der Waals surface area contributed by atoms with E-state index in [4.69, 9.17) is 9.15 Å². The third-order valence-electron chi connectivity index (χ3n) is 3.74. The Morgan fingerprint density at radius 1 is 1.04 bits per heavy atom. The van der Waals surface area contributed by atoms with Gasteiger partial charge in [0.1, 0.15) is 17.1 Å². The zero-order valence-electron chi connectivity index (χ0n) is 13.5. The number of hydrogen-bond donors (Lipinski definition) is 0. The molecule has 3 nitrogen and oxygen atoms in total. The molecule has 3 aromatic rings. The molecule has 0 N–H and O–H groups in total. The minimum Gasteiger partial charge on any atom is -0.493 e. The Hall–Kier alpha value is -2.28. The van der Waals surface area contributed by atoms with Crippen LogP contribution in [0.15, 0.2) is 57.7 Å². The topological polar surface area (TPSA) is 39.4 Å². The molecule has 136 valence electrons. The van der Waals surface area contributed by atoms with E-state index in [1.54, 1.807) is 18.2 Å². The van der Waals surface area contributed by atoms with Crippen LogP contribution >= 0.6 is 15.9 Å². The van der Waals surface area contributed by atoms with Crippen molar-refractivity contribution in [2.75, 3.05) is 11.9 Å². The molecule has 0 saturated heterocycles. The molecule has 0 atom stereocenters. The van der Waals surface area contributed by atoms with Gasteiger partial charge in [0.05, 0.1) is 17.6 Å². The minimum absolute atomic E-state index is 0.203. The number of rotatable bonds is 5. The minimum atomic E-state index is -4.41. The third-order valence-corrected chi connectivity index (χ3v) is 4.30. The van der Waals surface area contributed by atoms with Crippen molar-refractivity contribution in [3.8, 4) is 17.1 Å². The fourth-order valence-corrected chi connectivity index (χ4v) is 2.66. The first-order chi connectivity index (χ1) is 12.4. The summed E-state index contributed by atoms with van der Waals surface area (Å²) in [5, 5.41) is 1.20. The molecule has 2 aromatic carbocycles. The van der Waals surface area contributed by atoms with Crippen LogP contribution in [0.3, 0.4) is 0 Å². The van der Waals surface area contributed by atoms with Crippen LogP contribution in [0.25, 0.3) is 22.3 Å². The summed E-state index contributed by atoms with van der Waals surface area (Å²) in [5.41, 5.74) is -0.314. The van der Waals surface area contributed by atoms with E-state index in [1.807, 2.05) is 0 Å². The van der Waals surface area contributed by atoms with Gasteiger partial charge in [0.15, 0.2) is 5.43 Å². The van der Waals surface area contributed by atoms with E-state index >= 15 is 0 Å². The molecule has 0 aliphatic rings. The van der Waals surface area contributed by atoms with Gasteiger partial charge in [-0.1, -0.05) is 28.1 Å². The van der Waals surface area contributed by atoms with Crippen molar-refractivity contribution in [3.05, 3.63) is 64.3 Å². The summed E-state index contributed by atoms with van der Waals surface area (Å²) in [7, 11) is 0. The highest BCUT2D eigenvalue weighted by atomic mass is 79.9. The summed E-state index contributed by atoms with van der Waals surface area (Å²) in [6, 6.07) is 10.7. The predicted octanol–water partition coefficient (Wildman–Crippen LogP) is 5.64. The maximum Gasteiger partial charge on any atom is 0.416 e. The fraction of sp³-hybridized carbons (Fsp3) is 0.211. The second-order valence-electron chi connectivity index (χ2n) is 5.60. The van der Waals surface area contributed by atoms with Crippen molar-refractivity contribution in [3.63, 3.8) is 0 Å². The van der Waals surface area contributed by atoms with Gasteiger partial charge in [-0.2, -0.15) is 13.2 Å². The van der Waals surface area contributed by atoms with Gasteiger partial charge in [-0.15, -0.1) is 0 Å². The zero-order valence-corrected chi connectivity index (χ0v) is 15.1. The smallest absolute Gasteiger partial charge is 0.416 e. The van der Waals surface area contributed by atoms with E-state index in [2.05, 4.69) is 15.9 Å². The normalized spacial score (nSPS) is 11.7. The van der Waals surface area contributed by atoms with Crippen LogP contribution in [0.5, 0.6) is 5.75 Å². The lowest BCUT2D eigenvalue weighted by Crippen LogP contribution is -2.04. The summed E-state index contributed by atoms with van der Waals surface area (Å²) in [5.74, 6) is 0.764. The van der Waals surface area contributed by atoms with Crippen molar-refractivity contribution in [2.45, 2.75) is 12.6 Å². The summed E-state index contributed by atoms with van der Waals surface area (Å²) < 4.78 is 49.3. The fourth-order valence-electron chi connectivity index (χ4n) is 2.44. The lowest BCUT2D eigenvalue weighted by Gasteiger charge is -2.09. The van der Waals surface area contributed by atoms with Gasteiger partial charge >= 0.3 is 6.18 Å². The van der Waals surface area contributed by atoms with Crippen molar-refractivity contribution >= 4 is 26.9 Å². The second-order valence-corrected chi connectivity index (χ2v) is 6.39. The van der Waals surface area contributed by atoms with Crippen LogP contribution in [-0.2, 0) is 6.18 Å². The predicted molar refractivity (Wildman–Crippen MR) is 96.8 cm³/mol. The first kappa shape index (κ1) is 18.5. The standard InChI is InChI=1S/C19H14BrF3O3/c20-8-1-9-25-14-6-7-15-16(24)11-17(26-18(15)10-14)12-2-4-13(5-3-12)19(21,22)23/h2-7,10-11H,1,8-9H2. The molecule has 0 spiro atoms. The summed E-state index contributed by atoms with van der Waals surface area (Å²) in [6.07, 6.45) is -3.59. The SMILES string of the molecule is O=c1cc(-c2ccc(C(F)(F)F)cc2)oc2cc(OCCCBr)ccc12. The van der Waals surface area contributed by atoms with E-state index in [-0.39, 0.29) is 11.2 Å². The molecule has 3 rings (SSSR count). The van der Waals surface area contributed by atoms with E-state index < -0.39 is 11.7 Å². The first-order valence-electron chi connectivity index (χ1n) is 7.83. The Morgan fingerprint density at radius 2 is 1.77 bits per heavy atom. The molecule has 0 radical (unpaired) electrons.